The van der Waals surface area contributed by atoms with Gasteiger partial charge in [-0.3, -0.25) is 9.59 Å². The molecule has 0 radical (unpaired) electrons. The van der Waals surface area contributed by atoms with E-state index in [4.69, 9.17) is 14.6 Å². The number of ether oxygens (including phenoxy) is 2. The third-order valence-corrected chi connectivity index (χ3v) is 6.23. The molecule has 0 aliphatic carbocycles. The van der Waals surface area contributed by atoms with E-state index < -0.39 is 17.7 Å². The second kappa shape index (κ2) is 15.5. The molecule has 40 heavy (non-hydrogen) atoms. The Morgan fingerprint density at radius 3 is 1.93 bits per heavy atom. The van der Waals surface area contributed by atoms with Crippen molar-refractivity contribution in [2.45, 2.75) is 57.7 Å². The minimum Gasteiger partial charge on any atom is -0.494 e. The number of aryl methyl sites for hydroxylation is 1. The highest BCUT2D eigenvalue weighted by atomic mass is 19.4. The SMILES string of the molecule is O=C(O)CCNC(=O)c1ccc(CCCCCCCOc2ccc(OCc3ccc(C(F)(F)F)cc3)cc2)cc1. The Labute approximate surface area is 232 Å². The van der Waals surface area contributed by atoms with Crippen molar-refractivity contribution in [1.29, 1.82) is 0 Å². The smallest absolute Gasteiger partial charge is 0.416 e. The number of rotatable bonds is 16. The fraction of sp³-hybridized carbons (Fsp3) is 0.355. The zero-order chi connectivity index (χ0) is 28.8. The van der Waals surface area contributed by atoms with Gasteiger partial charge in [-0.1, -0.05) is 43.5 Å². The van der Waals surface area contributed by atoms with Gasteiger partial charge in [-0.2, -0.15) is 13.2 Å². The van der Waals surface area contributed by atoms with Gasteiger partial charge < -0.3 is 19.9 Å². The summed E-state index contributed by atoms with van der Waals surface area (Å²) in [7, 11) is 0. The maximum atomic E-state index is 12.7. The monoisotopic (exact) mass is 557 g/mol. The van der Waals surface area contributed by atoms with Crippen LogP contribution in [0.15, 0.2) is 72.8 Å². The van der Waals surface area contributed by atoms with Crippen LogP contribution in [-0.2, 0) is 24.0 Å². The fourth-order valence-corrected chi connectivity index (χ4v) is 3.95. The first kappa shape index (κ1) is 30.5. The van der Waals surface area contributed by atoms with Crippen molar-refractivity contribution < 1.29 is 37.3 Å². The summed E-state index contributed by atoms with van der Waals surface area (Å²) in [6.07, 6.45) is 1.75. The number of halogens is 3. The van der Waals surface area contributed by atoms with E-state index in [0.29, 0.717) is 23.5 Å². The van der Waals surface area contributed by atoms with Crippen molar-refractivity contribution in [3.63, 3.8) is 0 Å². The van der Waals surface area contributed by atoms with E-state index in [1.807, 2.05) is 24.3 Å². The van der Waals surface area contributed by atoms with E-state index in [0.717, 1.165) is 62.0 Å². The third-order valence-electron chi connectivity index (χ3n) is 6.23. The van der Waals surface area contributed by atoms with Crippen LogP contribution in [0.25, 0.3) is 0 Å². The standard InChI is InChI=1S/C31H34F3NO5/c32-31(33,34)26-13-9-24(10-14-26)22-40-28-17-15-27(16-18-28)39-21-5-3-1-2-4-6-23-7-11-25(12-8-23)30(38)35-20-19-29(36)37/h7-18H,1-6,19-22H2,(H,35,38)(H,36,37). The zero-order valence-corrected chi connectivity index (χ0v) is 22.2. The van der Waals surface area contributed by atoms with Crippen molar-refractivity contribution in [1.82, 2.24) is 5.32 Å². The molecule has 9 heteroatoms. The van der Waals surface area contributed by atoms with Crippen molar-refractivity contribution in [2.75, 3.05) is 13.2 Å². The molecule has 0 heterocycles. The predicted molar refractivity (Wildman–Crippen MR) is 146 cm³/mol. The van der Waals surface area contributed by atoms with Gasteiger partial charge in [0.05, 0.1) is 18.6 Å². The van der Waals surface area contributed by atoms with Crippen LogP contribution in [0.3, 0.4) is 0 Å². The molecule has 0 aliphatic rings. The van der Waals surface area contributed by atoms with Gasteiger partial charge in [0.2, 0.25) is 0 Å². The van der Waals surface area contributed by atoms with Crippen LogP contribution < -0.4 is 14.8 Å². The highest BCUT2D eigenvalue weighted by Gasteiger charge is 2.29. The fourth-order valence-electron chi connectivity index (χ4n) is 3.95. The molecule has 3 aromatic carbocycles. The van der Waals surface area contributed by atoms with Crippen LogP contribution in [0, 0.1) is 0 Å². The lowest BCUT2D eigenvalue weighted by Crippen LogP contribution is -2.25. The third kappa shape index (κ3) is 11.0. The molecular formula is C31H34F3NO5. The molecule has 214 valence electrons. The highest BCUT2D eigenvalue weighted by molar-refractivity contribution is 5.94. The zero-order valence-electron chi connectivity index (χ0n) is 22.2. The summed E-state index contributed by atoms with van der Waals surface area (Å²) in [5.74, 6) is 0.137. The van der Waals surface area contributed by atoms with Gasteiger partial charge in [0.1, 0.15) is 18.1 Å². The average molecular weight is 558 g/mol. The molecule has 1 amide bonds. The van der Waals surface area contributed by atoms with E-state index in [2.05, 4.69) is 5.32 Å². The van der Waals surface area contributed by atoms with Gasteiger partial charge in [0.25, 0.3) is 5.91 Å². The Balaban J connectivity index is 1.23. The number of unbranched alkanes of at least 4 members (excludes halogenated alkanes) is 4. The molecule has 0 bridgehead atoms. The Bertz CT molecular complexity index is 1190. The highest BCUT2D eigenvalue weighted by Crippen LogP contribution is 2.29. The number of alkyl halides is 3. The molecule has 6 nitrogen and oxygen atoms in total. The number of benzene rings is 3. The number of hydrogen-bond donors (Lipinski definition) is 2. The first-order valence-electron chi connectivity index (χ1n) is 13.3. The second-order valence-corrected chi connectivity index (χ2v) is 9.42. The summed E-state index contributed by atoms with van der Waals surface area (Å²) in [5.41, 5.74) is 1.66. The molecule has 0 unspecified atom stereocenters. The van der Waals surface area contributed by atoms with Gasteiger partial charge in [-0.15, -0.1) is 0 Å². The first-order chi connectivity index (χ1) is 19.2. The van der Waals surface area contributed by atoms with E-state index in [1.54, 1.807) is 24.3 Å². The number of carbonyl (C=O) groups excluding carboxylic acids is 1. The van der Waals surface area contributed by atoms with E-state index in [9.17, 15) is 22.8 Å². The quantitative estimate of drug-likeness (QED) is 0.184. The van der Waals surface area contributed by atoms with E-state index in [1.165, 1.54) is 12.1 Å². The molecule has 0 spiro atoms. The number of nitrogens with one attached hydrogen (secondary N) is 1. The minimum atomic E-state index is -4.35. The number of hydrogen-bond acceptors (Lipinski definition) is 4. The number of carbonyl (C=O) groups is 2. The number of carboxylic acids is 1. The van der Waals surface area contributed by atoms with Gasteiger partial charge in [0.15, 0.2) is 0 Å². The molecule has 3 rings (SSSR count). The summed E-state index contributed by atoms with van der Waals surface area (Å²) < 4.78 is 49.4. The van der Waals surface area contributed by atoms with E-state index in [-0.39, 0.29) is 25.5 Å². The van der Waals surface area contributed by atoms with Gasteiger partial charge in [-0.25, -0.2) is 0 Å². The lowest BCUT2D eigenvalue weighted by Gasteiger charge is -2.10. The van der Waals surface area contributed by atoms with Gasteiger partial charge in [-0.05, 0) is 78.9 Å². The number of amides is 1. The molecule has 2 N–H and O–H groups in total. The summed E-state index contributed by atoms with van der Waals surface area (Å²) in [4.78, 5) is 22.5. The minimum absolute atomic E-state index is 0.0994. The van der Waals surface area contributed by atoms with Crippen LogP contribution >= 0.6 is 0 Å². The lowest BCUT2D eigenvalue weighted by atomic mass is 10.0. The molecule has 0 saturated heterocycles. The normalized spacial score (nSPS) is 11.2. The Hall–Kier alpha value is -4.01. The van der Waals surface area contributed by atoms with E-state index >= 15 is 0 Å². The topological polar surface area (TPSA) is 84.9 Å². The number of carboxylic acid groups (broad SMARTS) is 1. The molecule has 0 aliphatic heterocycles. The molecule has 0 saturated carbocycles. The largest absolute Gasteiger partial charge is 0.494 e. The number of aliphatic carboxylic acids is 1. The maximum Gasteiger partial charge on any atom is 0.416 e. The lowest BCUT2D eigenvalue weighted by molar-refractivity contribution is -0.138. The van der Waals surface area contributed by atoms with Crippen molar-refractivity contribution >= 4 is 11.9 Å². The van der Waals surface area contributed by atoms with Gasteiger partial charge in [0, 0.05) is 12.1 Å². The Morgan fingerprint density at radius 1 is 0.725 bits per heavy atom. The summed E-state index contributed by atoms with van der Waals surface area (Å²) in [5, 5.41) is 11.2. The predicted octanol–water partition coefficient (Wildman–Crippen LogP) is 7.06. The molecule has 0 atom stereocenters. The Kier molecular flexibility index (Phi) is 11.9. The molecule has 0 aromatic heterocycles. The summed E-state index contributed by atoms with van der Waals surface area (Å²) in [6.45, 7) is 0.901. The van der Waals surface area contributed by atoms with Crippen LogP contribution in [0.5, 0.6) is 11.5 Å². The van der Waals surface area contributed by atoms with Crippen molar-refractivity contribution in [2.24, 2.45) is 0 Å². The second-order valence-electron chi connectivity index (χ2n) is 9.42. The van der Waals surface area contributed by atoms with Crippen molar-refractivity contribution in [3.05, 3.63) is 95.1 Å². The Morgan fingerprint density at radius 2 is 1.30 bits per heavy atom. The van der Waals surface area contributed by atoms with Crippen molar-refractivity contribution in [3.8, 4) is 11.5 Å². The molecular weight excluding hydrogens is 523 g/mol. The molecule has 0 fully saturated rings. The summed E-state index contributed by atoms with van der Waals surface area (Å²) in [6, 6.07) is 19.5. The van der Waals surface area contributed by atoms with Gasteiger partial charge >= 0.3 is 12.1 Å². The van der Waals surface area contributed by atoms with Crippen LogP contribution in [0.4, 0.5) is 13.2 Å². The maximum absolute atomic E-state index is 12.7. The first-order valence-corrected chi connectivity index (χ1v) is 13.3. The molecule has 3 aromatic rings. The summed E-state index contributed by atoms with van der Waals surface area (Å²) >= 11 is 0. The average Bonchev–Trinajstić information content (AvgIpc) is 2.94. The van der Waals surface area contributed by atoms with Crippen LogP contribution in [0.2, 0.25) is 0 Å². The van der Waals surface area contributed by atoms with Crippen LogP contribution in [-0.4, -0.2) is 30.1 Å². The van der Waals surface area contributed by atoms with Crippen LogP contribution in [0.1, 0.15) is 65.6 Å².